The number of alkyl halides is 6. The summed E-state index contributed by atoms with van der Waals surface area (Å²) in [7, 11) is 0. The molecule has 3 nitrogen and oxygen atoms in total. The lowest BCUT2D eigenvalue weighted by Crippen LogP contribution is -2.56. The molecule has 0 amide bonds. The summed E-state index contributed by atoms with van der Waals surface area (Å²) in [6, 6.07) is 0. The summed E-state index contributed by atoms with van der Waals surface area (Å²) in [4.78, 5) is 11.6. The number of esters is 1. The van der Waals surface area contributed by atoms with Crippen molar-refractivity contribution in [2.24, 2.45) is 0 Å². The molecule has 0 saturated heterocycles. The number of hydrogen-bond donors (Lipinski definition) is 0. The molecule has 10 heteroatoms. The fourth-order valence-electron chi connectivity index (χ4n) is 0.450. The third-order valence-corrected chi connectivity index (χ3v) is 1.22. The van der Waals surface area contributed by atoms with E-state index < -0.39 is 24.1 Å². The summed E-state index contributed by atoms with van der Waals surface area (Å²) >= 11 is 0. The molecule has 0 heterocycles. The number of hydrogen-bond acceptors (Lipinski definition) is 3. The van der Waals surface area contributed by atoms with Crippen LogP contribution in [0, 0.1) is 0 Å². The van der Waals surface area contributed by atoms with Crippen LogP contribution in [0.25, 0.3) is 0 Å². The summed E-state index contributed by atoms with van der Waals surface area (Å²) in [5, 5.41) is 0. The predicted molar refractivity (Wildman–Crippen MR) is 33.3 cm³/mol. The van der Waals surface area contributed by atoms with Gasteiger partial charge in [-0.2, -0.15) is 26.3 Å². The smallest absolute Gasteiger partial charge is 0.393 e. The molecule has 0 fully saturated rings. The Morgan fingerprint density at radius 1 is 1.06 bits per heavy atom. The van der Waals surface area contributed by atoms with E-state index in [-0.39, 0.29) is 6.08 Å². The Kier molecular flexibility index (Phi) is 3.92. The fraction of sp³-hybridized carbons (Fsp3) is 0.500. The Balaban J connectivity index is 5.12. The first-order chi connectivity index (χ1) is 7.02. The van der Waals surface area contributed by atoms with Crippen molar-refractivity contribution in [3.8, 4) is 0 Å². The van der Waals surface area contributed by atoms with E-state index in [1.54, 1.807) is 0 Å². The van der Waals surface area contributed by atoms with Crippen LogP contribution in [-0.2, 0) is 14.5 Å². The Bertz CT molecular complexity index is 288. The Morgan fingerprint density at radius 3 is 1.81 bits per heavy atom. The van der Waals surface area contributed by atoms with Gasteiger partial charge in [-0.05, 0) is 4.53 Å². The minimum absolute atomic E-state index is 0.0262. The minimum atomic E-state index is -6.38. The van der Waals surface area contributed by atoms with E-state index in [9.17, 15) is 35.7 Å². The van der Waals surface area contributed by atoms with Crippen LogP contribution in [0.15, 0.2) is 12.7 Å². The van der Waals surface area contributed by atoms with Gasteiger partial charge in [0.2, 0.25) is 0 Å². The third-order valence-electron chi connectivity index (χ3n) is 1.22. The average Bonchev–Trinajstić information content (AvgIpc) is 2.16. The summed E-state index contributed by atoms with van der Waals surface area (Å²) in [5.74, 6) is -8.48. The van der Waals surface area contributed by atoms with Crippen LogP contribution in [0.2, 0.25) is 0 Å². The Labute approximate surface area is 83.3 Å². The number of halogens is 7. The first kappa shape index (κ1) is 14.7. The summed E-state index contributed by atoms with van der Waals surface area (Å²) in [6.45, 7) is 2.56. The van der Waals surface area contributed by atoms with E-state index in [1.165, 1.54) is 4.94 Å². The first-order valence-corrected chi connectivity index (χ1v) is 3.30. The molecule has 0 aliphatic heterocycles. The fourth-order valence-corrected chi connectivity index (χ4v) is 0.450. The topological polar surface area (TPSA) is 35.5 Å². The standard InChI is InChI=1S/C6H3F7O3/c1-2-3(14)15-5(9,10)4(7,8)6(11,12)16-13/h2H,1H2. The molecule has 0 aliphatic carbocycles. The molecular weight excluding hydrogens is 253 g/mol. The maximum absolute atomic E-state index is 12.4. The highest BCUT2D eigenvalue weighted by Gasteiger charge is 2.77. The zero-order valence-corrected chi connectivity index (χ0v) is 7.15. The monoisotopic (exact) mass is 256 g/mol. The lowest BCUT2D eigenvalue weighted by Gasteiger charge is -2.28. The van der Waals surface area contributed by atoms with Crippen LogP contribution in [0.5, 0.6) is 0 Å². The van der Waals surface area contributed by atoms with Gasteiger partial charge in [-0.3, -0.25) is 0 Å². The van der Waals surface area contributed by atoms with Gasteiger partial charge in [0.15, 0.2) is 0 Å². The second-order valence-electron chi connectivity index (χ2n) is 2.31. The van der Waals surface area contributed by atoms with Crippen LogP contribution < -0.4 is 0 Å². The maximum atomic E-state index is 12.4. The zero-order valence-electron chi connectivity index (χ0n) is 7.15. The van der Waals surface area contributed by atoms with Crippen molar-refractivity contribution >= 4 is 5.97 Å². The number of carbonyl (C=O) groups excluding carboxylic acids is 1. The van der Waals surface area contributed by atoms with Gasteiger partial charge in [-0.1, -0.05) is 6.58 Å². The number of carbonyl (C=O) groups is 1. The summed E-state index contributed by atoms with van der Waals surface area (Å²) < 4.78 is 86.8. The van der Waals surface area contributed by atoms with Crippen LogP contribution in [0.3, 0.4) is 0 Å². The predicted octanol–water partition coefficient (Wildman–Crippen LogP) is 2.44. The second kappa shape index (κ2) is 4.28. The number of rotatable bonds is 5. The van der Waals surface area contributed by atoms with Gasteiger partial charge in [-0.25, -0.2) is 4.79 Å². The van der Waals surface area contributed by atoms with Crippen molar-refractivity contribution in [2.45, 2.75) is 18.1 Å². The minimum Gasteiger partial charge on any atom is -0.393 e. The summed E-state index contributed by atoms with van der Waals surface area (Å²) in [5.41, 5.74) is 0. The molecule has 0 aliphatic rings. The lowest BCUT2D eigenvalue weighted by atomic mass is 10.3. The first-order valence-electron chi connectivity index (χ1n) is 3.30. The van der Waals surface area contributed by atoms with E-state index in [2.05, 4.69) is 11.3 Å². The SMILES string of the molecule is C=CC(=O)OC(F)(F)C(F)(F)C(F)(F)OF. The van der Waals surface area contributed by atoms with Gasteiger partial charge in [0, 0.05) is 6.08 Å². The molecule has 0 spiro atoms. The van der Waals surface area contributed by atoms with E-state index >= 15 is 0 Å². The molecule has 0 rings (SSSR count). The molecule has 94 valence electrons. The molecule has 0 saturated carbocycles. The van der Waals surface area contributed by atoms with E-state index in [0.717, 1.165) is 0 Å². The Hall–Kier alpha value is -1.32. The normalized spacial score (nSPS) is 13.4. The molecule has 0 bridgehead atoms. The zero-order chi connectivity index (χ0) is 13.2. The van der Waals surface area contributed by atoms with Crippen LogP contribution in [0.4, 0.5) is 30.9 Å². The van der Waals surface area contributed by atoms with Gasteiger partial charge in [0.05, 0.1) is 0 Å². The van der Waals surface area contributed by atoms with Crippen LogP contribution in [-0.4, -0.2) is 24.1 Å². The van der Waals surface area contributed by atoms with Crippen molar-refractivity contribution < 1.29 is 45.3 Å². The highest BCUT2D eigenvalue weighted by atomic mass is 19.4. The summed E-state index contributed by atoms with van der Waals surface area (Å²) in [6.07, 6.45) is -12.1. The lowest BCUT2D eigenvalue weighted by molar-refractivity contribution is -0.481. The van der Waals surface area contributed by atoms with Crippen molar-refractivity contribution in [3.63, 3.8) is 0 Å². The van der Waals surface area contributed by atoms with E-state index in [1.807, 2.05) is 0 Å². The highest BCUT2D eigenvalue weighted by molar-refractivity contribution is 5.81. The quantitative estimate of drug-likeness (QED) is 0.430. The molecule has 0 unspecified atom stereocenters. The third kappa shape index (κ3) is 2.43. The average molecular weight is 256 g/mol. The maximum Gasteiger partial charge on any atom is 0.476 e. The largest absolute Gasteiger partial charge is 0.476 e. The van der Waals surface area contributed by atoms with Crippen molar-refractivity contribution in [3.05, 3.63) is 12.7 Å². The molecule has 16 heavy (non-hydrogen) atoms. The number of ether oxygens (including phenoxy) is 1. The van der Waals surface area contributed by atoms with Gasteiger partial charge < -0.3 is 4.74 Å². The molecule has 0 atom stereocenters. The molecule has 0 aromatic rings. The molecule has 0 N–H and O–H groups in total. The van der Waals surface area contributed by atoms with Crippen molar-refractivity contribution in [1.29, 1.82) is 0 Å². The molecular formula is C6H3F7O3. The highest BCUT2D eigenvalue weighted by Crippen LogP contribution is 2.47. The van der Waals surface area contributed by atoms with Crippen LogP contribution in [0.1, 0.15) is 0 Å². The van der Waals surface area contributed by atoms with Gasteiger partial charge in [0.25, 0.3) is 0 Å². The van der Waals surface area contributed by atoms with Crippen molar-refractivity contribution in [2.75, 3.05) is 0 Å². The Morgan fingerprint density at radius 2 is 1.50 bits per heavy atom. The van der Waals surface area contributed by atoms with E-state index in [4.69, 9.17) is 0 Å². The van der Waals surface area contributed by atoms with Gasteiger partial charge >= 0.3 is 24.1 Å². The van der Waals surface area contributed by atoms with E-state index in [0.29, 0.717) is 0 Å². The van der Waals surface area contributed by atoms with Crippen LogP contribution >= 0.6 is 0 Å². The van der Waals surface area contributed by atoms with Gasteiger partial charge in [-0.15, -0.1) is 4.94 Å². The molecule has 0 aromatic heterocycles. The second-order valence-corrected chi connectivity index (χ2v) is 2.31. The molecule has 0 aromatic carbocycles. The molecule has 0 radical (unpaired) electrons. The van der Waals surface area contributed by atoms with Crippen molar-refractivity contribution in [1.82, 2.24) is 0 Å². The van der Waals surface area contributed by atoms with Gasteiger partial charge in [0.1, 0.15) is 0 Å².